The molecule has 1 saturated heterocycles. The van der Waals surface area contributed by atoms with Crippen LogP contribution in [0.25, 0.3) is 5.69 Å². The second-order valence-electron chi connectivity index (χ2n) is 7.55. The molecule has 0 radical (unpaired) electrons. The highest BCUT2D eigenvalue weighted by Gasteiger charge is 2.48. The van der Waals surface area contributed by atoms with Gasteiger partial charge in [0.1, 0.15) is 17.3 Å². The highest BCUT2D eigenvalue weighted by Crippen LogP contribution is 2.53. The van der Waals surface area contributed by atoms with Gasteiger partial charge in [-0.2, -0.15) is 5.10 Å². The first-order chi connectivity index (χ1) is 12.7. The molecule has 136 valence electrons. The fourth-order valence-electron chi connectivity index (χ4n) is 4.68. The topological polar surface area (TPSA) is 63.5 Å². The molecule has 26 heavy (non-hydrogen) atoms. The molecule has 2 aromatic rings. The lowest BCUT2D eigenvalue weighted by Gasteiger charge is -2.40. The van der Waals surface area contributed by atoms with Crippen LogP contribution < -0.4 is 15.4 Å². The Morgan fingerprint density at radius 2 is 2.19 bits per heavy atom. The number of amidine groups is 1. The van der Waals surface area contributed by atoms with Gasteiger partial charge in [-0.05, 0) is 49.9 Å². The molecule has 1 aromatic heterocycles. The Morgan fingerprint density at radius 3 is 2.85 bits per heavy atom. The Hall–Kier alpha value is -2.34. The molecule has 1 aromatic carbocycles. The summed E-state index contributed by atoms with van der Waals surface area (Å²) in [4.78, 5) is 4.89. The Labute approximate surface area is 153 Å². The molecule has 2 aliphatic heterocycles. The van der Waals surface area contributed by atoms with Crippen molar-refractivity contribution in [3.8, 4) is 11.4 Å². The highest BCUT2D eigenvalue weighted by molar-refractivity contribution is 6.01. The third-order valence-electron chi connectivity index (χ3n) is 6.25. The van der Waals surface area contributed by atoms with Gasteiger partial charge >= 0.3 is 0 Å². The summed E-state index contributed by atoms with van der Waals surface area (Å²) in [5.41, 5.74) is 4.59. The number of aliphatic imine (C=N–C) groups is 1. The largest absolute Gasteiger partial charge is 0.494 e. The van der Waals surface area contributed by atoms with Gasteiger partial charge in [-0.3, -0.25) is 0 Å². The van der Waals surface area contributed by atoms with Gasteiger partial charge in [-0.25, -0.2) is 9.67 Å². The van der Waals surface area contributed by atoms with Crippen LogP contribution in [0, 0.1) is 0 Å². The summed E-state index contributed by atoms with van der Waals surface area (Å²) in [7, 11) is 3.70. The van der Waals surface area contributed by atoms with Gasteiger partial charge in [0.15, 0.2) is 0 Å². The molecule has 2 fully saturated rings. The van der Waals surface area contributed by atoms with Crippen LogP contribution in [0.3, 0.4) is 0 Å². The molecule has 1 saturated carbocycles. The first kappa shape index (κ1) is 15.9. The van der Waals surface area contributed by atoms with Gasteiger partial charge in [0, 0.05) is 24.8 Å². The number of rotatable bonds is 3. The van der Waals surface area contributed by atoms with E-state index >= 15 is 0 Å². The summed E-state index contributed by atoms with van der Waals surface area (Å²) in [5.74, 6) is 1.95. The van der Waals surface area contributed by atoms with E-state index < -0.39 is 0 Å². The second kappa shape index (κ2) is 5.84. The number of hydrogen-bond donors (Lipinski definition) is 2. The van der Waals surface area contributed by atoms with Crippen LogP contribution in [-0.4, -0.2) is 36.3 Å². The summed E-state index contributed by atoms with van der Waals surface area (Å²) >= 11 is 0. The Bertz CT molecular complexity index is 874. The van der Waals surface area contributed by atoms with Crippen LogP contribution in [0.15, 0.2) is 29.5 Å². The van der Waals surface area contributed by atoms with E-state index in [0.717, 1.165) is 42.3 Å². The molecule has 1 atom stereocenters. The number of fused-ring (bicyclic) bond motifs is 2. The normalized spacial score (nSPS) is 22.8. The first-order valence-corrected chi connectivity index (χ1v) is 9.53. The molecule has 6 nitrogen and oxygen atoms in total. The number of benzene rings is 1. The van der Waals surface area contributed by atoms with Crippen molar-refractivity contribution in [2.45, 2.75) is 43.6 Å². The zero-order chi connectivity index (χ0) is 17.7. The van der Waals surface area contributed by atoms with Crippen molar-refractivity contribution in [2.75, 3.05) is 20.7 Å². The summed E-state index contributed by atoms with van der Waals surface area (Å²) < 4.78 is 7.67. The average Bonchev–Trinajstić information content (AvgIpc) is 3.35. The minimum Gasteiger partial charge on any atom is -0.494 e. The molecular weight excluding hydrogens is 326 g/mol. The van der Waals surface area contributed by atoms with Gasteiger partial charge < -0.3 is 15.4 Å². The van der Waals surface area contributed by atoms with Gasteiger partial charge in [-0.15, -0.1) is 0 Å². The van der Waals surface area contributed by atoms with Gasteiger partial charge in [-0.1, -0.05) is 6.42 Å². The number of ether oxygens (including phenoxy) is 1. The lowest BCUT2D eigenvalue weighted by Crippen LogP contribution is -2.45. The lowest BCUT2D eigenvalue weighted by atomic mass is 9.64. The van der Waals surface area contributed by atoms with E-state index in [9.17, 15) is 0 Å². The predicted molar refractivity (Wildman–Crippen MR) is 102 cm³/mol. The summed E-state index contributed by atoms with van der Waals surface area (Å²) in [6, 6.07) is 4.71. The number of aromatic nitrogens is 2. The number of likely N-dealkylation sites (N-methyl/N-ethyl adjacent to an activating group) is 1. The third kappa shape index (κ3) is 2.14. The van der Waals surface area contributed by atoms with E-state index in [4.69, 9.17) is 9.73 Å². The Balaban J connectivity index is 1.57. The molecule has 1 spiro atoms. The van der Waals surface area contributed by atoms with Gasteiger partial charge in [0.2, 0.25) is 0 Å². The Kier molecular flexibility index (Phi) is 3.57. The van der Waals surface area contributed by atoms with Crippen LogP contribution >= 0.6 is 0 Å². The number of nitrogens with zero attached hydrogens (tertiary/aromatic N) is 3. The van der Waals surface area contributed by atoms with E-state index in [1.54, 1.807) is 7.11 Å². The van der Waals surface area contributed by atoms with E-state index in [2.05, 4.69) is 34.1 Å². The molecular formula is C20H25N5O. The van der Waals surface area contributed by atoms with Crippen molar-refractivity contribution in [1.29, 1.82) is 0 Å². The van der Waals surface area contributed by atoms with Crippen LogP contribution in [-0.2, 0) is 5.41 Å². The molecule has 1 aliphatic carbocycles. The maximum atomic E-state index is 5.74. The summed E-state index contributed by atoms with van der Waals surface area (Å²) in [6.45, 7) is 1.08. The monoisotopic (exact) mass is 351 g/mol. The van der Waals surface area contributed by atoms with Crippen molar-refractivity contribution in [1.82, 2.24) is 20.4 Å². The van der Waals surface area contributed by atoms with Gasteiger partial charge in [0.05, 0.1) is 24.4 Å². The molecule has 0 amide bonds. The maximum Gasteiger partial charge on any atom is 0.144 e. The van der Waals surface area contributed by atoms with Crippen molar-refractivity contribution < 1.29 is 4.74 Å². The maximum absolute atomic E-state index is 5.74. The highest BCUT2D eigenvalue weighted by atomic mass is 16.5. The van der Waals surface area contributed by atoms with E-state index in [0.29, 0.717) is 6.04 Å². The molecule has 5 rings (SSSR count). The fraction of sp³-hybridized carbons (Fsp3) is 0.500. The van der Waals surface area contributed by atoms with Crippen molar-refractivity contribution in [3.63, 3.8) is 0 Å². The quantitative estimate of drug-likeness (QED) is 0.892. The molecule has 6 heteroatoms. The lowest BCUT2D eigenvalue weighted by molar-refractivity contribution is 0.338. The summed E-state index contributed by atoms with van der Waals surface area (Å²) in [5, 5.41) is 11.5. The second-order valence-corrected chi connectivity index (χ2v) is 7.55. The van der Waals surface area contributed by atoms with Crippen molar-refractivity contribution >= 4 is 11.5 Å². The van der Waals surface area contributed by atoms with E-state index in [1.807, 2.05) is 17.9 Å². The first-order valence-electron chi connectivity index (χ1n) is 9.53. The number of nitrogens with one attached hydrogen (secondary N) is 2. The molecule has 0 bridgehead atoms. The minimum atomic E-state index is 0.0684. The smallest absolute Gasteiger partial charge is 0.144 e. The molecule has 3 heterocycles. The molecule has 2 N–H and O–H groups in total. The molecule has 3 aliphatic rings. The van der Waals surface area contributed by atoms with Crippen molar-refractivity contribution in [2.24, 2.45) is 4.99 Å². The van der Waals surface area contributed by atoms with Crippen LogP contribution in [0.4, 0.5) is 5.69 Å². The Morgan fingerprint density at radius 1 is 1.31 bits per heavy atom. The SMILES string of the molecule is CNC1=Nc2cc(-n3cc(C4CCCN4)cn3)c(OC)cc2C12CCC2. The average molecular weight is 351 g/mol. The van der Waals surface area contributed by atoms with Crippen LogP contribution in [0.2, 0.25) is 0 Å². The van der Waals surface area contributed by atoms with Crippen molar-refractivity contribution in [3.05, 3.63) is 35.7 Å². The fourth-order valence-corrected chi connectivity index (χ4v) is 4.68. The van der Waals surface area contributed by atoms with E-state index in [1.165, 1.54) is 30.4 Å². The number of hydrogen-bond acceptors (Lipinski definition) is 5. The molecule has 1 unspecified atom stereocenters. The zero-order valence-electron chi connectivity index (χ0n) is 15.4. The van der Waals surface area contributed by atoms with Crippen LogP contribution in [0.5, 0.6) is 5.75 Å². The summed E-state index contributed by atoms with van der Waals surface area (Å²) in [6.07, 6.45) is 10.0. The standard InChI is InChI=1S/C20H25N5O/c1-21-19-20(6-4-7-20)14-9-18(26-2)17(10-16(14)24-19)25-12-13(11-23-25)15-5-3-8-22-15/h9-12,15,22H,3-8H2,1-2H3,(H,21,24). The number of methoxy groups -OCH3 is 1. The van der Waals surface area contributed by atoms with Gasteiger partial charge in [0.25, 0.3) is 0 Å². The van der Waals surface area contributed by atoms with E-state index in [-0.39, 0.29) is 5.41 Å². The van der Waals surface area contributed by atoms with Crippen LogP contribution in [0.1, 0.15) is 49.3 Å². The minimum absolute atomic E-state index is 0.0684. The predicted octanol–water partition coefficient (Wildman–Crippen LogP) is 2.99. The third-order valence-corrected chi connectivity index (χ3v) is 6.25. The zero-order valence-corrected chi connectivity index (χ0v) is 15.4.